The monoisotopic (exact) mass is 281 g/mol. The highest BCUT2D eigenvalue weighted by atomic mass is 16.6. The Labute approximate surface area is 117 Å². The highest BCUT2D eigenvalue weighted by molar-refractivity contribution is 5.83. The number of nitrogens with zero attached hydrogens (tertiary/aromatic N) is 2. The number of unbranched alkanes of at least 4 members (excludes halogenated alkanes) is 1. The van der Waals surface area contributed by atoms with Gasteiger partial charge in [0.15, 0.2) is 5.75 Å². The van der Waals surface area contributed by atoms with E-state index in [0.29, 0.717) is 17.9 Å². The van der Waals surface area contributed by atoms with Crippen LogP contribution in [0, 0.1) is 10.1 Å². The molecule has 0 aliphatic heterocycles. The van der Waals surface area contributed by atoms with Crippen molar-refractivity contribution in [2.45, 2.75) is 19.8 Å². The number of methoxy groups -OCH3 is 1. The highest BCUT2D eigenvalue weighted by Gasteiger charge is 2.21. The molecule has 0 amide bonds. The molecule has 0 saturated carbocycles. The van der Waals surface area contributed by atoms with E-state index in [4.69, 9.17) is 9.47 Å². The van der Waals surface area contributed by atoms with Crippen LogP contribution in [0.15, 0.2) is 17.2 Å². The van der Waals surface area contributed by atoms with E-state index in [0.717, 1.165) is 12.8 Å². The Bertz CT molecular complexity index is 489. The Morgan fingerprint density at radius 2 is 2.25 bits per heavy atom. The third kappa shape index (κ3) is 4.11. The molecule has 1 aromatic carbocycles. The molecule has 0 saturated heterocycles. The third-order valence-corrected chi connectivity index (χ3v) is 2.56. The van der Waals surface area contributed by atoms with E-state index >= 15 is 0 Å². The van der Waals surface area contributed by atoms with Crippen LogP contribution in [0.25, 0.3) is 0 Å². The summed E-state index contributed by atoms with van der Waals surface area (Å²) in [5, 5.41) is 15.0. The summed E-state index contributed by atoms with van der Waals surface area (Å²) in [5.41, 5.74) is 3.02. The van der Waals surface area contributed by atoms with Gasteiger partial charge < -0.3 is 14.9 Å². The number of hydrazone groups is 1. The van der Waals surface area contributed by atoms with Crippen LogP contribution >= 0.6 is 0 Å². The van der Waals surface area contributed by atoms with Gasteiger partial charge in [-0.2, -0.15) is 5.10 Å². The normalized spacial score (nSPS) is 10.6. The average Bonchev–Trinajstić information content (AvgIpc) is 2.45. The minimum Gasteiger partial charge on any atom is -0.493 e. The quantitative estimate of drug-likeness (QED) is 0.342. The molecule has 0 atom stereocenters. The summed E-state index contributed by atoms with van der Waals surface area (Å²) in [6.45, 7) is 2.43. The molecule has 1 aromatic rings. The van der Waals surface area contributed by atoms with Crippen LogP contribution in [0.3, 0.4) is 0 Å². The molecular formula is C13H19N3O4. The van der Waals surface area contributed by atoms with Crippen molar-refractivity contribution in [2.75, 3.05) is 20.8 Å². The maximum absolute atomic E-state index is 11.2. The average molecular weight is 281 g/mol. The largest absolute Gasteiger partial charge is 0.493 e. The van der Waals surface area contributed by atoms with Gasteiger partial charge in [-0.1, -0.05) is 13.3 Å². The first-order chi connectivity index (χ1) is 9.63. The van der Waals surface area contributed by atoms with Gasteiger partial charge >= 0.3 is 5.69 Å². The van der Waals surface area contributed by atoms with E-state index in [2.05, 4.69) is 10.5 Å². The van der Waals surface area contributed by atoms with Gasteiger partial charge in [-0.25, -0.2) is 0 Å². The first-order valence-corrected chi connectivity index (χ1v) is 6.33. The van der Waals surface area contributed by atoms with Crippen LogP contribution in [0.4, 0.5) is 5.69 Å². The maximum atomic E-state index is 11.2. The fraction of sp³-hybridized carbons (Fsp3) is 0.462. The van der Waals surface area contributed by atoms with Gasteiger partial charge in [0, 0.05) is 18.7 Å². The van der Waals surface area contributed by atoms with Gasteiger partial charge in [0.2, 0.25) is 5.75 Å². The Morgan fingerprint density at radius 1 is 1.50 bits per heavy atom. The van der Waals surface area contributed by atoms with Crippen LogP contribution in [-0.4, -0.2) is 31.9 Å². The number of nitro benzene ring substituents is 1. The highest BCUT2D eigenvalue weighted by Crippen LogP contribution is 2.38. The van der Waals surface area contributed by atoms with Crippen LogP contribution in [-0.2, 0) is 0 Å². The molecule has 1 N–H and O–H groups in total. The predicted octanol–water partition coefficient (Wildman–Crippen LogP) is 2.34. The summed E-state index contributed by atoms with van der Waals surface area (Å²) < 4.78 is 10.7. The molecule has 0 fully saturated rings. The number of nitrogens with one attached hydrogen (secondary N) is 1. The smallest absolute Gasteiger partial charge is 0.315 e. The minimum atomic E-state index is -0.486. The lowest BCUT2D eigenvalue weighted by Gasteiger charge is -2.11. The van der Waals surface area contributed by atoms with Crippen molar-refractivity contribution in [3.05, 3.63) is 27.8 Å². The van der Waals surface area contributed by atoms with E-state index in [9.17, 15) is 10.1 Å². The van der Waals surface area contributed by atoms with E-state index in [1.807, 2.05) is 6.92 Å². The lowest BCUT2D eigenvalue weighted by Crippen LogP contribution is -2.04. The molecule has 0 radical (unpaired) electrons. The van der Waals surface area contributed by atoms with E-state index in [-0.39, 0.29) is 11.4 Å². The van der Waals surface area contributed by atoms with Crippen molar-refractivity contribution in [3.63, 3.8) is 0 Å². The lowest BCUT2D eigenvalue weighted by molar-refractivity contribution is -0.386. The first kappa shape index (κ1) is 15.7. The van der Waals surface area contributed by atoms with Crippen molar-refractivity contribution < 1.29 is 14.4 Å². The van der Waals surface area contributed by atoms with Crippen LogP contribution < -0.4 is 14.9 Å². The summed E-state index contributed by atoms with van der Waals surface area (Å²) in [6, 6.07) is 3.06. The van der Waals surface area contributed by atoms with Crippen molar-refractivity contribution in [1.29, 1.82) is 0 Å². The molecular weight excluding hydrogens is 262 g/mol. The van der Waals surface area contributed by atoms with Crippen LogP contribution in [0.5, 0.6) is 11.5 Å². The summed E-state index contributed by atoms with van der Waals surface area (Å²) in [5.74, 6) is 0.486. The SMILES string of the molecule is CCCCOc1c(OC)cc(/C=N/NC)cc1[N+](=O)[O-]. The molecule has 0 unspecified atom stereocenters. The van der Waals surface area contributed by atoms with E-state index < -0.39 is 4.92 Å². The van der Waals surface area contributed by atoms with Gasteiger partial charge in [-0.3, -0.25) is 10.1 Å². The first-order valence-electron chi connectivity index (χ1n) is 6.33. The number of rotatable bonds is 8. The van der Waals surface area contributed by atoms with Crippen molar-refractivity contribution >= 4 is 11.9 Å². The molecule has 0 aromatic heterocycles. The summed E-state index contributed by atoms with van der Waals surface area (Å²) in [4.78, 5) is 10.7. The molecule has 7 nitrogen and oxygen atoms in total. The third-order valence-electron chi connectivity index (χ3n) is 2.56. The molecule has 0 bridgehead atoms. The fourth-order valence-corrected chi connectivity index (χ4v) is 1.57. The number of hydrogen-bond acceptors (Lipinski definition) is 6. The second-order valence-electron chi connectivity index (χ2n) is 4.01. The Kier molecular flexibility index (Phi) is 6.28. The molecule has 0 spiro atoms. The van der Waals surface area contributed by atoms with Crippen LogP contribution in [0.2, 0.25) is 0 Å². The Morgan fingerprint density at radius 3 is 2.80 bits per heavy atom. The van der Waals surface area contributed by atoms with Gasteiger partial charge in [0.05, 0.1) is 24.9 Å². The van der Waals surface area contributed by atoms with Crippen LogP contribution in [0.1, 0.15) is 25.3 Å². The molecule has 0 heterocycles. The van der Waals surface area contributed by atoms with Gasteiger partial charge in [0.1, 0.15) is 0 Å². The van der Waals surface area contributed by atoms with E-state index in [1.165, 1.54) is 19.4 Å². The van der Waals surface area contributed by atoms with Crippen molar-refractivity contribution in [3.8, 4) is 11.5 Å². The maximum Gasteiger partial charge on any atom is 0.315 e. The Balaban J connectivity index is 3.18. The fourth-order valence-electron chi connectivity index (χ4n) is 1.57. The molecule has 0 aliphatic rings. The second kappa shape index (κ2) is 7.98. The van der Waals surface area contributed by atoms with Crippen molar-refractivity contribution in [1.82, 2.24) is 5.43 Å². The second-order valence-corrected chi connectivity index (χ2v) is 4.01. The number of benzene rings is 1. The summed E-state index contributed by atoms with van der Waals surface area (Å²) >= 11 is 0. The Hall–Kier alpha value is -2.31. The van der Waals surface area contributed by atoms with Gasteiger partial charge in [0.25, 0.3) is 0 Å². The zero-order chi connectivity index (χ0) is 15.0. The topological polar surface area (TPSA) is 86.0 Å². The standard InChI is InChI=1S/C13H19N3O4/c1-4-5-6-20-13-11(16(17)18)7-10(9-15-14-2)8-12(13)19-3/h7-9,14H,4-6H2,1-3H3/b15-9+. The number of nitro groups is 1. The van der Waals surface area contributed by atoms with Crippen molar-refractivity contribution in [2.24, 2.45) is 5.10 Å². The molecule has 1 rings (SSSR count). The molecule has 20 heavy (non-hydrogen) atoms. The predicted molar refractivity (Wildman–Crippen MR) is 76.7 cm³/mol. The summed E-state index contributed by atoms with van der Waals surface area (Å²) in [6.07, 6.45) is 3.25. The van der Waals surface area contributed by atoms with Gasteiger partial charge in [-0.15, -0.1) is 0 Å². The van der Waals surface area contributed by atoms with E-state index in [1.54, 1.807) is 13.1 Å². The number of ether oxygens (including phenoxy) is 2. The molecule has 110 valence electrons. The zero-order valence-electron chi connectivity index (χ0n) is 11.9. The van der Waals surface area contributed by atoms with Gasteiger partial charge in [-0.05, 0) is 12.5 Å². The molecule has 0 aliphatic carbocycles. The zero-order valence-corrected chi connectivity index (χ0v) is 11.9. The summed E-state index contributed by atoms with van der Waals surface area (Å²) in [7, 11) is 3.09. The molecule has 7 heteroatoms. The lowest BCUT2D eigenvalue weighted by atomic mass is 10.2. The minimum absolute atomic E-state index is 0.127. The number of hydrogen-bond donors (Lipinski definition) is 1.